The summed E-state index contributed by atoms with van der Waals surface area (Å²) in [7, 11) is 1.82. The second kappa shape index (κ2) is 7.12. The topological polar surface area (TPSA) is 21.3 Å². The molecular weight excluding hydrogens is 246 g/mol. The Morgan fingerprint density at radius 3 is 2.65 bits per heavy atom. The van der Waals surface area contributed by atoms with E-state index in [9.17, 15) is 0 Å². The fourth-order valence-electron chi connectivity index (χ4n) is 3.32. The molecule has 1 heterocycles. The number of nitrogens with one attached hydrogen (secondary N) is 1. The van der Waals surface area contributed by atoms with Crippen LogP contribution in [0.2, 0.25) is 0 Å². The summed E-state index contributed by atoms with van der Waals surface area (Å²) in [6.45, 7) is 7.92. The summed E-state index contributed by atoms with van der Waals surface area (Å²) < 4.78 is 5.77. The van der Waals surface area contributed by atoms with E-state index in [1.54, 1.807) is 0 Å². The Bertz CT molecular complexity index is 433. The first-order valence-electron chi connectivity index (χ1n) is 8.09. The van der Waals surface area contributed by atoms with Crippen molar-refractivity contribution in [2.75, 3.05) is 13.7 Å². The lowest BCUT2D eigenvalue weighted by Gasteiger charge is -2.27. The molecule has 2 heteroatoms. The minimum atomic E-state index is 0.549. The smallest absolute Gasteiger partial charge is 0.125 e. The Morgan fingerprint density at radius 1 is 1.30 bits per heavy atom. The van der Waals surface area contributed by atoms with Gasteiger partial charge in [-0.1, -0.05) is 39.3 Å². The van der Waals surface area contributed by atoms with Crippen LogP contribution in [0.1, 0.15) is 62.6 Å². The molecule has 0 amide bonds. The van der Waals surface area contributed by atoms with Gasteiger partial charge in [0.15, 0.2) is 0 Å². The zero-order chi connectivity index (χ0) is 14.5. The van der Waals surface area contributed by atoms with Crippen LogP contribution < -0.4 is 10.1 Å². The fourth-order valence-corrected chi connectivity index (χ4v) is 3.32. The van der Waals surface area contributed by atoms with Crippen molar-refractivity contribution in [3.8, 4) is 5.75 Å². The highest BCUT2D eigenvalue weighted by atomic mass is 16.5. The van der Waals surface area contributed by atoms with Gasteiger partial charge in [-0.25, -0.2) is 0 Å². The molecule has 1 aromatic carbocycles. The highest BCUT2D eigenvalue weighted by molar-refractivity contribution is 5.48. The summed E-state index contributed by atoms with van der Waals surface area (Å²) in [5.41, 5.74) is 4.22. The normalized spacial score (nSPS) is 19.4. The number of methoxy groups -OCH3 is 1. The first kappa shape index (κ1) is 15.4. The van der Waals surface area contributed by atoms with Crippen molar-refractivity contribution in [1.29, 1.82) is 0 Å². The summed E-state index contributed by atoms with van der Waals surface area (Å²) in [5.74, 6) is 1.68. The second-order valence-corrected chi connectivity index (χ2v) is 6.18. The molecule has 1 fully saturated rings. The maximum atomic E-state index is 5.77. The van der Waals surface area contributed by atoms with Crippen molar-refractivity contribution in [3.63, 3.8) is 0 Å². The minimum absolute atomic E-state index is 0.549. The molecule has 2 rings (SSSR count). The van der Waals surface area contributed by atoms with Crippen LogP contribution in [0.15, 0.2) is 12.1 Å². The highest BCUT2D eigenvalue weighted by Gasteiger charge is 2.20. The molecule has 1 aromatic rings. The maximum absolute atomic E-state index is 5.77. The number of piperidine rings is 1. The van der Waals surface area contributed by atoms with Crippen molar-refractivity contribution >= 4 is 0 Å². The van der Waals surface area contributed by atoms with E-state index in [4.69, 9.17) is 4.74 Å². The maximum Gasteiger partial charge on any atom is 0.125 e. The number of ether oxygens (including phenoxy) is 1. The second-order valence-electron chi connectivity index (χ2n) is 6.18. The standard InChI is InChI=1S/C18H29NO/c1-5-14-9-10-16(13(2)3)17(18(14)20-4)12-15-8-6-7-11-19-15/h9-10,13,15,19H,5-8,11-12H2,1-4H3. The number of rotatable bonds is 5. The summed E-state index contributed by atoms with van der Waals surface area (Å²) in [4.78, 5) is 0. The molecule has 0 bridgehead atoms. The average molecular weight is 275 g/mol. The van der Waals surface area contributed by atoms with E-state index in [2.05, 4.69) is 38.2 Å². The summed E-state index contributed by atoms with van der Waals surface area (Å²) in [6.07, 6.45) is 6.10. The predicted molar refractivity (Wildman–Crippen MR) is 85.8 cm³/mol. The van der Waals surface area contributed by atoms with Gasteiger partial charge in [0.25, 0.3) is 0 Å². The van der Waals surface area contributed by atoms with E-state index in [0.29, 0.717) is 12.0 Å². The molecule has 1 N–H and O–H groups in total. The molecule has 0 radical (unpaired) electrons. The first-order chi connectivity index (χ1) is 9.67. The average Bonchev–Trinajstić information content (AvgIpc) is 2.47. The summed E-state index contributed by atoms with van der Waals surface area (Å²) in [6, 6.07) is 5.16. The van der Waals surface area contributed by atoms with Gasteiger partial charge < -0.3 is 10.1 Å². The van der Waals surface area contributed by atoms with Gasteiger partial charge in [-0.15, -0.1) is 0 Å². The first-order valence-corrected chi connectivity index (χ1v) is 8.09. The molecule has 1 aliphatic rings. The zero-order valence-electron chi connectivity index (χ0n) is 13.5. The molecule has 1 aliphatic heterocycles. The summed E-state index contributed by atoms with van der Waals surface area (Å²) in [5, 5.41) is 3.67. The predicted octanol–water partition coefficient (Wildman–Crippen LogP) is 4.07. The van der Waals surface area contributed by atoms with Gasteiger partial charge in [-0.2, -0.15) is 0 Å². The Labute approximate surface area is 123 Å². The number of aryl methyl sites for hydroxylation is 1. The third-order valence-electron chi connectivity index (χ3n) is 4.45. The lowest BCUT2D eigenvalue weighted by Crippen LogP contribution is -2.36. The van der Waals surface area contributed by atoms with E-state index in [1.165, 1.54) is 36.0 Å². The molecule has 0 aromatic heterocycles. The van der Waals surface area contributed by atoms with Crippen molar-refractivity contribution in [2.45, 2.75) is 64.8 Å². The van der Waals surface area contributed by atoms with E-state index >= 15 is 0 Å². The van der Waals surface area contributed by atoms with Gasteiger partial charge in [0.2, 0.25) is 0 Å². The van der Waals surface area contributed by atoms with Crippen LogP contribution in [0.5, 0.6) is 5.75 Å². The van der Waals surface area contributed by atoms with Crippen LogP contribution in [-0.4, -0.2) is 19.7 Å². The monoisotopic (exact) mass is 275 g/mol. The number of hydrogen-bond donors (Lipinski definition) is 1. The van der Waals surface area contributed by atoms with Crippen LogP contribution in [0.4, 0.5) is 0 Å². The van der Waals surface area contributed by atoms with E-state index in [1.807, 2.05) is 7.11 Å². The third-order valence-corrected chi connectivity index (χ3v) is 4.45. The van der Waals surface area contributed by atoms with Gasteiger partial charge >= 0.3 is 0 Å². The molecule has 1 atom stereocenters. The van der Waals surface area contributed by atoms with Crippen molar-refractivity contribution in [2.24, 2.45) is 0 Å². The largest absolute Gasteiger partial charge is 0.496 e. The highest BCUT2D eigenvalue weighted by Crippen LogP contribution is 2.33. The van der Waals surface area contributed by atoms with Gasteiger partial charge in [0.05, 0.1) is 7.11 Å². The van der Waals surface area contributed by atoms with Gasteiger partial charge in [0.1, 0.15) is 5.75 Å². The Morgan fingerprint density at radius 2 is 2.10 bits per heavy atom. The number of hydrogen-bond acceptors (Lipinski definition) is 2. The Hall–Kier alpha value is -1.02. The van der Waals surface area contributed by atoms with Gasteiger partial charge in [0, 0.05) is 6.04 Å². The Balaban J connectivity index is 2.34. The molecule has 0 saturated carbocycles. The molecule has 0 aliphatic carbocycles. The third kappa shape index (κ3) is 3.35. The van der Waals surface area contributed by atoms with E-state index < -0.39 is 0 Å². The van der Waals surface area contributed by atoms with Crippen LogP contribution in [-0.2, 0) is 12.8 Å². The van der Waals surface area contributed by atoms with Gasteiger partial charge in [-0.3, -0.25) is 0 Å². The quantitative estimate of drug-likeness (QED) is 0.874. The van der Waals surface area contributed by atoms with Crippen molar-refractivity contribution in [1.82, 2.24) is 5.32 Å². The van der Waals surface area contributed by atoms with Crippen molar-refractivity contribution in [3.05, 3.63) is 28.8 Å². The van der Waals surface area contributed by atoms with Crippen LogP contribution in [0.3, 0.4) is 0 Å². The molecule has 1 unspecified atom stereocenters. The van der Waals surface area contributed by atoms with E-state index in [-0.39, 0.29) is 0 Å². The summed E-state index contributed by atoms with van der Waals surface area (Å²) >= 11 is 0. The number of benzene rings is 1. The minimum Gasteiger partial charge on any atom is -0.496 e. The molecule has 1 saturated heterocycles. The zero-order valence-corrected chi connectivity index (χ0v) is 13.5. The fraction of sp³-hybridized carbons (Fsp3) is 0.667. The van der Waals surface area contributed by atoms with E-state index in [0.717, 1.165) is 25.1 Å². The molecule has 0 spiro atoms. The Kier molecular flexibility index (Phi) is 5.47. The van der Waals surface area contributed by atoms with Crippen LogP contribution in [0.25, 0.3) is 0 Å². The lowest BCUT2D eigenvalue weighted by molar-refractivity contribution is 0.378. The molecule has 112 valence electrons. The molecule has 20 heavy (non-hydrogen) atoms. The van der Waals surface area contributed by atoms with Gasteiger partial charge in [-0.05, 0) is 54.8 Å². The van der Waals surface area contributed by atoms with Crippen LogP contribution >= 0.6 is 0 Å². The SMILES string of the molecule is CCc1ccc(C(C)C)c(CC2CCCCN2)c1OC. The molecule has 2 nitrogen and oxygen atoms in total. The lowest BCUT2D eigenvalue weighted by atomic mass is 9.88. The van der Waals surface area contributed by atoms with Crippen molar-refractivity contribution < 1.29 is 4.74 Å². The van der Waals surface area contributed by atoms with Crippen LogP contribution in [0, 0.1) is 0 Å². The molecular formula is C18H29NO.